The number of ether oxygens (including phenoxy) is 2. The molecule has 0 radical (unpaired) electrons. The van der Waals surface area contributed by atoms with Crippen LogP contribution >= 0.6 is 11.3 Å². The fraction of sp³-hybridized carbons (Fsp3) is 0.200. The fourth-order valence-corrected chi connectivity index (χ4v) is 4.54. The van der Waals surface area contributed by atoms with Crippen molar-refractivity contribution >= 4 is 37.3 Å². The molecule has 2 aromatic carbocycles. The fourth-order valence-electron chi connectivity index (χ4n) is 2.77. The van der Waals surface area contributed by atoms with Gasteiger partial charge in [0.25, 0.3) is 5.91 Å². The van der Waals surface area contributed by atoms with Gasteiger partial charge in [-0.1, -0.05) is 17.3 Å². The van der Waals surface area contributed by atoms with Gasteiger partial charge in [0.1, 0.15) is 21.7 Å². The Morgan fingerprint density at radius 1 is 1.14 bits per heavy atom. The van der Waals surface area contributed by atoms with Crippen LogP contribution in [0.15, 0.2) is 46.3 Å². The van der Waals surface area contributed by atoms with Gasteiger partial charge in [-0.15, -0.1) is 6.42 Å². The van der Waals surface area contributed by atoms with E-state index in [2.05, 4.69) is 10.9 Å². The number of thiazole rings is 1. The molecular formula is C20H18N2O5S2. The van der Waals surface area contributed by atoms with Crippen LogP contribution in [-0.4, -0.2) is 39.4 Å². The molecule has 3 rings (SSSR count). The number of methoxy groups -OCH3 is 2. The molecule has 0 bridgehead atoms. The Labute approximate surface area is 172 Å². The van der Waals surface area contributed by atoms with Gasteiger partial charge in [-0.05, 0) is 36.4 Å². The van der Waals surface area contributed by atoms with E-state index in [-0.39, 0.29) is 17.0 Å². The van der Waals surface area contributed by atoms with Crippen LogP contribution in [0.25, 0.3) is 10.2 Å². The summed E-state index contributed by atoms with van der Waals surface area (Å²) in [5.41, 5.74) is 0.954. The summed E-state index contributed by atoms with van der Waals surface area (Å²) in [6.07, 6.45) is 6.63. The summed E-state index contributed by atoms with van der Waals surface area (Å²) >= 11 is 1.25. The molecule has 7 nitrogen and oxygen atoms in total. The highest BCUT2D eigenvalue weighted by Gasteiger charge is 2.16. The van der Waals surface area contributed by atoms with Crippen molar-refractivity contribution in [1.29, 1.82) is 0 Å². The summed E-state index contributed by atoms with van der Waals surface area (Å²) in [6.45, 7) is 0.183. The highest BCUT2D eigenvalue weighted by Crippen LogP contribution is 2.35. The average Bonchev–Trinajstić information content (AvgIpc) is 3.05. The van der Waals surface area contributed by atoms with Crippen molar-refractivity contribution in [2.24, 2.45) is 4.99 Å². The maximum Gasteiger partial charge on any atom is 0.279 e. The molecule has 150 valence electrons. The molecule has 0 aliphatic carbocycles. The van der Waals surface area contributed by atoms with E-state index < -0.39 is 15.7 Å². The molecule has 1 heterocycles. The zero-order valence-corrected chi connectivity index (χ0v) is 17.6. The molecule has 0 saturated carbocycles. The minimum Gasteiger partial charge on any atom is -0.495 e. The first-order valence-corrected chi connectivity index (χ1v) is 11.1. The number of sulfone groups is 1. The van der Waals surface area contributed by atoms with Crippen molar-refractivity contribution in [3.63, 3.8) is 0 Å². The van der Waals surface area contributed by atoms with Crippen molar-refractivity contribution in [3.8, 4) is 23.8 Å². The maximum absolute atomic E-state index is 12.7. The molecule has 0 atom stereocenters. The number of amides is 1. The van der Waals surface area contributed by atoms with Crippen LogP contribution in [0.4, 0.5) is 0 Å². The third kappa shape index (κ3) is 4.04. The third-order valence-corrected chi connectivity index (χ3v) is 6.39. The maximum atomic E-state index is 12.7. The molecule has 0 aliphatic rings. The molecule has 29 heavy (non-hydrogen) atoms. The Morgan fingerprint density at radius 3 is 2.31 bits per heavy atom. The van der Waals surface area contributed by atoms with Crippen LogP contribution in [0.3, 0.4) is 0 Å². The van der Waals surface area contributed by atoms with Crippen LogP contribution in [-0.2, 0) is 16.4 Å². The molecule has 3 aromatic rings. The normalized spacial score (nSPS) is 12.0. The van der Waals surface area contributed by atoms with Gasteiger partial charge in [0, 0.05) is 11.8 Å². The molecule has 0 N–H and O–H groups in total. The van der Waals surface area contributed by atoms with Gasteiger partial charge in [-0.2, -0.15) is 4.99 Å². The Kier molecular flexibility index (Phi) is 5.77. The third-order valence-electron chi connectivity index (χ3n) is 4.17. The van der Waals surface area contributed by atoms with Gasteiger partial charge in [-0.25, -0.2) is 8.42 Å². The van der Waals surface area contributed by atoms with Crippen molar-refractivity contribution in [2.75, 3.05) is 20.5 Å². The van der Waals surface area contributed by atoms with Crippen molar-refractivity contribution in [1.82, 2.24) is 4.57 Å². The van der Waals surface area contributed by atoms with E-state index in [1.807, 2.05) is 0 Å². The number of carbonyl (C=O) groups excluding carboxylic acids is 1. The molecule has 0 saturated heterocycles. The lowest BCUT2D eigenvalue weighted by molar-refractivity contribution is 0.0998. The lowest BCUT2D eigenvalue weighted by Gasteiger charge is -2.08. The molecule has 0 spiro atoms. The minimum atomic E-state index is -3.34. The lowest BCUT2D eigenvalue weighted by Crippen LogP contribution is -2.16. The summed E-state index contributed by atoms with van der Waals surface area (Å²) < 4.78 is 36.5. The number of hydrogen-bond donors (Lipinski definition) is 0. The van der Waals surface area contributed by atoms with E-state index in [0.29, 0.717) is 21.8 Å². The zero-order chi connectivity index (χ0) is 21.2. The van der Waals surface area contributed by atoms with Gasteiger partial charge in [0.15, 0.2) is 14.6 Å². The Balaban J connectivity index is 2.18. The standard InChI is InChI=1S/C20H18N2O5S2/c1-5-12-22-17-15(26-2)10-11-16(27-3)18(17)28-20(22)21-19(23)13-6-8-14(9-7-13)29(4,24)25/h1,6-11H,12H2,2-4H3. The van der Waals surface area contributed by atoms with Gasteiger partial charge < -0.3 is 14.0 Å². The second-order valence-corrected chi connectivity index (χ2v) is 9.03. The largest absolute Gasteiger partial charge is 0.495 e. The molecule has 0 fully saturated rings. The van der Waals surface area contributed by atoms with E-state index in [0.717, 1.165) is 11.0 Å². The molecular weight excluding hydrogens is 412 g/mol. The lowest BCUT2D eigenvalue weighted by atomic mass is 10.2. The van der Waals surface area contributed by atoms with Crippen molar-refractivity contribution in [2.45, 2.75) is 11.4 Å². The van der Waals surface area contributed by atoms with Gasteiger partial charge in [0.2, 0.25) is 0 Å². The summed E-state index contributed by atoms with van der Waals surface area (Å²) in [5.74, 6) is 3.25. The van der Waals surface area contributed by atoms with Crippen LogP contribution in [0, 0.1) is 12.3 Å². The Morgan fingerprint density at radius 2 is 1.76 bits per heavy atom. The second kappa shape index (κ2) is 8.11. The topological polar surface area (TPSA) is 87.0 Å². The van der Waals surface area contributed by atoms with Crippen molar-refractivity contribution in [3.05, 3.63) is 46.8 Å². The van der Waals surface area contributed by atoms with Gasteiger partial charge >= 0.3 is 0 Å². The zero-order valence-electron chi connectivity index (χ0n) is 16.0. The number of benzene rings is 2. The average molecular weight is 431 g/mol. The Hall–Kier alpha value is -3.09. The van der Waals surface area contributed by atoms with E-state index >= 15 is 0 Å². The molecule has 1 aromatic heterocycles. The monoisotopic (exact) mass is 430 g/mol. The van der Waals surface area contributed by atoms with E-state index in [1.165, 1.54) is 35.6 Å². The molecule has 1 amide bonds. The van der Waals surface area contributed by atoms with E-state index in [1.54, 1.807) is 30.9 Å². The predicted octanol–water partition coefficient (Wildman–Crippen LogP) is 2.50. The highest BCUT2D eigenvalue weighted by molar-refractivity contribution is 7.90. The molecule has 0 aliphatic heterocycles. The number of nitrogens with zero attached hydrogens (tertiary/aromatic N) is 2. The van der Waals surface area contributed by atoms with Crippen LogP contribution in [0.2, 0.25) is 0 Å². The summed E-state index contributed by atoms with van der Waals surface area (Å²) in [6, 6.07) is 9.16. The second-order valence-electron chi connectivity index (χ2n) is 6.04. The first-order valence-electron chi connectivity index (χ1n) is 8.37. The SMILES string of the molecule is C#CCn1c(=NC(=O)c2ccc(S(C)(=O)=O)cc2)sc2c(OC)ccc(OC)c21. The number of carbonyl (C=O) groups is 1. The minimum absolute atomic E-state index is 0.132. The first kappa shape index (κ1) is 20.6. The van der Waals surface area contributed by atoms with Crippen LogP contribution in [0.1, 0.15) is 10.4 Å². The van der Waals surface area contributed by atoms with E-state index in [4.69, 9.17) is 15.9 Å². The number of hydrogen-bond acceptors (Lipinski definition) is 6. The van der Waals surface area contributed by atoms with Gasteiger partial charge in [-0.3, -0.25) is 4.79 Å². The predicted molar refractivity (Wildman–Crippen MR) is 111 cm³/mol. The number of terminal acetylenes is 1. The van der Waals surface area contributed by atoms with Crippen LogP contribution in [0.5, 0.6) is 11.5 Å². The first-order chi connectivity index (χ1) is 13.8. The van der Waals surface area contributed by atoms with Gasteiger partial charge in [0.05, 0.1) is 25.7 Å². The highest BCUT2D eigenvalue weighted by atomic mass is 32.2. The molecule has 0 unspecified atom stereocenters. The quantitative estimate of drug-likeness (QED) is 0.581. The number of rotatable bonds is 5. The Bertz CT molecular complexity index is 1290. The summed E-state index contributed by atoms with van der Waals surface area (Å²) in [7, 11) is -0.245. The summed E-state index contributed by atoms with van der Waals surface area (Å²) in [4.78, 5) is 17.4. The molecule has 9 heteroatoms. The van der Waals surface area contributed by atoms with Crippen LogP contribution < -0.4 is 14.3 Å². The smallest absolute Gasteiger partial charge is 0.279 e. The number of fused-ring (bicyclic) bond motifs is 1. The van der Waals surface area contributed by atoms with E-state index in [9.17, 15) is 13.2 Å². The van der Waals surface area contributed by atoms with Crippen molar-refractivity contribution < 1.29 is 22.7 Å². The summed E-state index contributed by atoms with van der Waals surface area (Å²) in [5, 5.41) is 0. The number of aromatic nitrogens is 1.